The molecule has 0 unspecified atom stereocenters. The molecular formula is C19H42BrN. The van der Waals surface area contributed by atoms with Gasteiger partial charge in [0.1, 0.15) is 0 Å². The maximum absolute atomic E-state index is 8.30. The van der Waals surface area contributed by atoms with E-state index in [9.17, 15) is 0 Å². The zero-order valence-corrected chi connectivity index (χ0v) is 11.9. The van der Waals surface area contributed by atoms with E-state index in [1.807, 2.05) is 0 Å². The van der Waals surface area contributed by atoms with Gasteiger partial charge in [0.05, 0.1) is 42.5 Å². The summed E-state index contributed by atoms with van der Waals surface area (Å²) in [5.41, 5.74) is 0. The lowest BCUT2D eigenvalue weighted by Crippen LogP contribution is -3.00. The molecule has 0 aliphatic carbocycles. The zero-order chi connectivity index (χ0) is 52.0. The van der Waals surface area contributed by atoms with Gasteiger partial charge in [-0.25, -0.2) is 0 Å². The molecule has 0 rings (SSSR count). The van der Waals surface area contributed by atoms with Crippen molar-refractivity contribution in [3.8, 4) is 0 Å². The standard InChI is InChI=1S/C19H42N.BrH/c1-5-6-7-8-9-10-11-12-13-14-15-16-17-18-19-20(2,3)4;/h5-19H2,1-4H3;1H/q+1;/p-1/i1D3,2D3,3D3,4D3,5D2,6D2,7D2,8D2,9D2,10D2,11D2,12D2,13D2,14D2,15D2,16D2,17D2,18D2,19D2;. The number of nitrogens with zero attached hydrogens (tertiary/aromatic N) is 1. The topological polar surface area (TPSA) is 0 Å². The van der Waals surface area contributed by atoms with Crippen LogP contribution in [0.1, 0.15) is 154 Å². The molecule has 0 amide bonds. The van der Waals surface area contributed by atoms with Gasteiger partial charge < -0.3 is 21.5 Å². The van der Waals surface area contributed by atoms with Crippen LogP contribution >= 0.6 is 0 Å². The SMILES string of the molecule is [2H]C([2H])([2H])C([2H])([2H])C([2H])([2H])C([2H])([2H])C([2H])([2H])C([2H])([2H])C([2H])([2H])C([2H])([2H])C([2H])([2H])C([2H])([2H])C([2H])([2H])C([2H])([2H])C([2H])([2H])C([2H])([2H])C([2H])([2H])C([2H])([2H])[N+](C([2H])([2H])[2H])(C([2H])([2H])[2H])C([2H])([2H])[2H].[Br-]. The third kappa shape index (κ3) is 22.9. The summed E-state index contributed by atoms with van der Waals surface area (Å²) in [6, 6.07) is 0. The van der Waals surface area contributed by atoms with Crippen LogP contribution in [-0.4, -0.2) is 31.9 Å². The first kappa shape index (κ1) is 2.37. The number of rotatable bonds is 15. The van der Waals surface area contributed by atoms with Crippen molar-refractivity contribution >= 4 is 0 Å². The summed E-state index contributed by atoms with van der Waals surface area (Å²) >= 11 is 0. The van der Waals surface area contributed by atoms with E-state index < -0.39 is 128 Å². The first-order valence-electron chi connectivity index (χ1n) is 25.6. The highest BCUT2D eigenvalue weighted by atomic mass is 79.9. The summed E-state index contributed by atoms with van der Waals surface area (Å²) in [4.78, 5) is 0. The van der Waals surface area contributed by atoms with Crippen molar-refractivity contribution < 1.29 is 79.0 Å². The minimum absolute atomic E-state index is 0. The number of quaternary nitrogens is 1. The maximum atomic E-state index is 8.30. The summed E-state index contributed by atoms with van der Waals surface area (Å²) in [5.74, 6) is 0. The molecule has 2 heteroatoms. The average Bonchev–Trinajstić information content (AvgIpc) is 2.96. The van der Waals surface area contributed by atoms with Crippen molar-refractivity contribution in [2.24, 2.45) is 0 Å². The van der Waals surface area contributed by atoms with Gasteiger partial charge in [-0.05, 0) is 12.7 Å². The molecular weight excluding hydrogens is 322 g/mol. The van der Waals surface area contributed by atoms with E-state index in [1.165, 1.54) is 0 Å². The molecule has 0 aliphatic heterocycles. The lowest BCUT2D eigenvalue weighted by atomic mass is 10.0. The van der Waals surface area contributed by atoms with Crippen LogP contribution in [-0.2, 0) is 0 Å². The van der Waals surface area contributed by atoms with Gasteiger partial charge in [-0.1, -0.05) is 83.3 Å². The molecule has 0 N–H and O–H groups in total. The molecule has 0 bridgehead atoms. The molecule has 0 aromatic carbocycles. The molecule has 0 heterocycles. The van der Waals surface area contributed by atoms with Gasteiger partial charge in [-0.2, -0.15) is 0 Å². The van der Waals surface area contributed by atoms with Crippen molar-refractivity contribution in [1.82, 2.24) is 0 Å². The molecule has 0 spiro atoms. The lowest BCUT2D eigenvalue weighted by Gasteiger charge is -2.23. The zero-order valence-electron chi connectivity index (χ0n) is 52.3. The molecule has 0 aromatic heterocycles. The van der Waals surface area contributed by atoms with Crippen LogP contribution in [0, 0.1) is 0 Å². The van der Waals surface area contributed by atoms with Crippen LogP contribution in [0.4, 0.5) is 0 Å². The molecule has 0 fully saturated rings. The highest BCUT2D eigenvalue weighted by Gasteiger charge is 2.04. The highest BCUT2D eigenvalue weighted by molar-refractivity contribution is 4.49. The van der Waals surface area contributed by atoms with Gasteiger partial charge in [0.15, 0.2) is 0 Å². The van der Waals surface area contributed by atoms with Crippen LogP contribution in [0.15, 0.2) is 0 Å². The van der Waals surface area contributed by atoms with Crippen molar-refractivity contribution in [3.05, 3.63) is 0 Å². The Hall–Kier alpha value is 0.440. The summed E-state index contributed by atoms with van der Waals surface area (Å²) in [5, 5.41) is 0. The number of hydrogen-bond acceptors (Lipinski definition) is 0. The lowest BCUT2D eigenvalue weighted by molar-refractivity contribution is -0.870. The minimum atomic E-state index is -5.40. The molecule has 0 aliphatic rings. The van der Waals surface area contributed by atoms with Gasteiger partial charge in [0, 0.05) is 42.5 Å². The van der Waals surface area contributed by atoms with Crippen LogP contribution in [0.2, 0.25) is 0 Å². The second-order valence-corrected chi connectivity index (χ2v) is 2.53. The average molecular weight is 407 g/mol. The van der Waals surface area contributed by atoms with Gasteiger partial charge in [-0.15, -0.1) is 0 Å². The Morgan fingerprint density at radius 3 is 1.38 bits per heavy atom. The van der Waals surface area contributed by atoms with Crippen molar-refractivity contribution in [2.45, 2.75) is 96.1 Å². The van der Waals surface area contributed by atoms with E-state index in [0.717, 1.165) is 0 Å². The molecule has 0 radical (unpaired) electrons. The molecule has 0 saturated carbocycles. The van der Waals surface area contributed by atoms with Crippen molar-refractivity contribution in [1.29, 1.82) is 0 Å². The van der Waals surface area contributed by atoms with E-state index in [-0.39, 0.29) is 17.0 Å². The van der Waals surface area contributed by atoms with Gasteiger partial charge in [0.2, 0.25) is 0 Å². The van der Waals surface area contributed by atoms with E-state index in [1.54, 1.807) is 0 Å². The molecule has 0 aromatic rings. The van der Waals surface area contributed by atoms with E-state index >= 15 is 0 Å². The highest BCUT2D eigenvalue weighted by Crippen LogP contribution is 2.13. The first-order valence-corrected chi connectivity index (χ1v) is 4.64. The van der Waals surface area contributed by atoms with Crippen LogP contribution in [0.5, 0.6) is 0 Å². The molecule has 0 atom stereocenters. The summed E-state index contributed by atoms with van der Waals surface area (Å²) in [6.07, 6.45) is -72.8. The monoisotopic (exact) mass is 406 g/mol. The van der Waals surface area contributed by atoms with Crippen LogP contribution in [0.25, 0.3) is 0 Å². The smallest absolute Gasteiger partial charge is 0.0924 e. The Kier molecular flexibility index (Phi) is 1.90. The molecule has 21 heavy (non-hydrogen) atoms. The summed E-state index contributed by atoms with van der Waals surface area (Å²) in [6.45, 7) is -23.9. The maximum Gasteiger partial charge on any atom is 0.0924 e. The van der Waals surface area contributed by atoms with E-state index in [4.69, 9.17) is 57.6 Å². The molecule has 1 nitrogen and oxygen atoms in total. The normalized spacial score (nSPS) is 53.7. The van der Waals surface area contributed by atoms with Crippen LogP contribution < -0.4 is 17.0 Å². The van der Waals surface area contributed by atoms with Gasteiger partial charge in [-0.3, -0.25) is 0 Å². The third-order valence-electron chi connectivity index (χ3n) is 1.04. The van der Waals surface area contributed by atoms with E-state index in [2.05, 4.69) is 0 Å². The second-order valence-electron chi connectivity index (χ2n) is 2.53. The first-order chi connectivity index (χ1) is 25.8. The van der Waals surface area contributed by atoms with Gasteiger partial charge >= 0.3 is 0 Å². The summed E-state index contributed by atoms with van der Waals surface area (Å²) < 4.78 is 332. The van der Waals surface area contributed by atoms with Crippen molar-refractivity contribution in [2.75, 3.05) is 27.4 Å². The fourth-order valence-corrected chi connectivity index (χ4v) is 0.487. The number of halogens is 1. The summed E-state index contributed by atoms with van der Waals surface area (Å²) in [7, 11) is 0. The molecule has 130 valence electrons. The molecule has 0 saturated heterocycles. The fourth-order valence-electron chi connectivity index (χ4n) is 0.487. The quantitative estimate of drug-likeness (QED) is 0.367. The predicted octanol–water partition coefficient (Wildman–Crippen LogP) is 3.18. The van der Waals surface area contributed by atoms with E-state index in [0.29, 0.717) is 0 Å². The Morgan fingerprint density at radius 1 is 0.619 bits per heavy atom. The largest absolute Gasteiger partial charge is 1.00 e. The van der Waals surface area contributed by atoms with Gasteiger partial charge in [0.25, 0.3) is 0 Å². The Labute approximate surface area is 205 Å². The Balaban J connectivity index is 0. The third-order valence-corrected chi connectivity index (χ3v) is 1.04. The number of hydrogen-bond donors (Lipinski definition) is 0. The minimum Gasteiger partial charge on any atom is -1.00 e. The predicted molar refractivity (Wildman–Crippen MR) is 93.2 cm³/mol. The fraction of sp³-hybridized carbons (Fsp3) is 1.00. The van der Waals surface area contributed by atoms with Crippen LogP contribution in [0.3, 0.4) is 0 Å². The van der Waals surface area contributed by atoms with Crippen molar-refractivity contribution in [3.63, 3.8) is 0 Å². The Morgan fingerprint density at radius 2 is 1.00 bits per heavy atom. The second kappa shape index (κ2) is 16.8. The Bertz CT molecular complexity index is 1590.